The van der Waals surface area contributed by atoms with Gasteiger partial charge in [0.15, 0.2) is 0 Å². The van der Waals surface area contributed by atoms with Crippen molar-refractivity contribution in [3.05, 3.63) is 23.5 Å². The van der Waals surface area contributed by atoms with Crippen molar-refractivity contribution in [3.63, 3.8) is 0 Å². The topological polar surface area (TPSA) is 9.23 Å². The van der Waals surface area contributed by atoms with Gasteiger partial charge in [0.05, 0.1) is 12.9 Å². The summed E-state index contributed by atoms with van der Waals surface area (Å²) in [5.74, 6) is 2.55. The van der Waals surface area contributed by atoms with Gasteiger partial charge < -0.3 is 4.74 Å². The van der Waals surface area contributed by atoms with E-state index in [9.17, 15) is 0 Å². The lowest BCUT2D eigenvalue weighted by Gasteiger charge is -2.32. The van der Waals surface area contributed by atoms with Crippen molar-refractivity contribution < 1.29 is 4.74 Å². The van der Waals surface area contributed by atoms with Crippen molar-refractivity contribution in [1.29, 1.82) is 0 Å². The second kappa shape index (κ2) is 5.75. The zero-order valence-electron chi connectivity index (χ0n) is 12.3. The first-order valence-corrected chi connectivity index (χ1v) is 6.77. The molecule has 1 aliphatic rings. The van der Waals surface area contributed by atoms with Gasteiger partial charge in [-0.2, -0.15) is 0 Å². The molecule has 1 atom stereocenters. The van der Waals surface area contributed by atoms with Crippen LogP contribution in [0.5, 0.6) is 0 Å². The molecule has 0 aromatic heterocycles. The Hall–Kier alpha value is -0.720. The standard InChI is InChI=1S/C16H28O/c1-12(2)15(11-16(3,4)5)13-7-9-14(17-6)10-8-13/h7,9,12,15H,8,10-11H2,1-6H3. The number of methoxy groups -OCH3 is 1. The van der Waals surface area contributed by atoms with Gasteiger partial charge in [-0.15, -0.1) is 0 Å². The van der Waals surface area contributed by atoms with Crippen LogP contribution in [0.4, 0.5) is 0 Å². The predicted octanol–water partition coefficient (Wildman–Crippen LogP) is 4.95. The molecule has 1 heteroatoms. The first-order chi connectivity index (χ1) is 7.83. The van der Waals surface area contributed by atoms with Gasteiger partial charge in [-0.05, 0) is 36.2 Å². The van der Waals surface area contributed by atoms with E-state index >= 15 is 0 Å². The Morgan fingerprint density at radius 3 is 2.18 bits per heavy atom. The van der Waals surface area contributed by atoms with Crippen LogP contribution in [-0.4, -0.2) is 7.11 Å². The van der Waals surface area contributed by atoms with Crippen molar-refractivity contribution in [3.8, 4) is 0 Å². The molecule has 1 nitrogen and oxygen atoms in total. The minimum Gasteiger partial charge on any atom is -0.501 e. The number of rotatable bonds is 4. The highest BCUT2D eigenvalue weighted by atomic mass is 16.5. The van der Waals surface area contributed by atoms with E-state index in [4.69, 9.17) is 4.74 Å². The lowest BCUT2D eigenvalue weighted by atomic mass is 9.74. The minimum atomic E-state index is 0.404. The average Bonchev–Trinajstić information content (AvgIpc) is 2.25. The van der Waals surface area contributed by atoms with Crippen LogP contribution in [0.2, 0.25) is 0 Å². The summed E-state index contributed by atoms with van der Waals surface area (Å²) in [5, 5.41) is 0. The molecular formula is C16H28O. The smallest absolute Gasteiger partial charge is 0.0958 e. The highest BCUT2D eigenvalue weighted by Gasteiger charge is 2.25. The van der Waals surface area contributed by atoms with Gasteiger partial charge in [0.25, 0.3) is 0 Å². The molecule has 1 unspecified atom stereocenters. The first kappa shape index (κ1) is 14.3. The molecule has 17 heavy (non-hydrogen) atoms. The zero-order chi connectivity index (χ0) is 13.1. The Morgan fingerprint density at radius 2 is 1.82 bits per heavy atom. The largest absolute Gasteiger partial charge is 0.501 e. The SMILES string of the molecule is COC1=CC=C(C(CC(C)(C)C)C(C)C)CC1. The average molecular weight is 236 g/mol. The summed E-state index contributed by atoms with van der Waals surface area (Å²) in [6.45, 7) is 11.7. The minimum absolute atomic E-state index is 0.404. The van der Waals surface area contributed by atoms with Crippen LogP contribution >= 0.6 is 0 Å². The number of hydrogen-bond acceptors (Lipinski definition) is 1. The van der Waals surface area contributed by atoms with Gasteiger partial charge >= 0.3 is 0 Å². The van der Waals surface area contributed by atoms with Crippen molar-refractivity contribution >= 4 is 0 Å². The van der Waals surface area contributed by atoms with Gasteiger partial charge in [0, 0.05) is 6.42 Å². The van der Waals surface area contributed by atoms with Crippen LogP contribution in [0.1, 0.15) is 53.9 Å². The van der Waals surface area contributed by atoms with E-state index in [1.165, 1.54) is 12.8 Å². The van der Waals surface area contributed by atoms with Gasteiger partial charge in [-0.1, -0.05) is 46.3 Å². The molecule has 1 aliphatic carbocycles. The number of allylic oxidation sites excluding steroid dienone is 4. The maximum atomic E-state index is 5.30. The number of hydrogen-bond donors (Lipinski definition) is 0. The maximum Gasteiger partial charge on any atom is 0.0958 e. The van der Waals surface area contributed by atoms with Crippen LogP contribution < -0.4 is 0 Å². The van der Waals surface area contributed by atoms with Gasteiger partial charge in [-0.3, -0.25) is 0 Å². The fourth-order valence-corrected chi connectivity index (χ4v) is 2.57. The van der Waals surface area contributed by atoms with Gasteiger partial charge in [0.2, 0.25) is 0 Å². The van der Waals surface area contributed by atoms with Gasteiger partial charge in [0.1, 0.15) is 0 Å². The summed E-state index contributed by atoms with van der Waals surface area (Å²) in [4.78, 5) is 0. The van der Waals surface area contributed by atoms with Crippen molar-refractivity contribution in [2.75, 3.05) is 7.11 Å². The third-order valence-electron chi connectivity index (χ3n) is 3.52. The maximum absolute atomic E-state index is 5.30. The van der Waals surface area contributed by atoms with E-state index in [1.54, 1.807) is 12.7 Å². The van der Waals surface area contributed by atoms with Crippen LogP contribution in [-0.2, 0) is 4.74 Å². The highest BCUT2D eigenvalue weighted by Crippen LogP contribution is 2.37. The Balaban J connectivity index is 2.79. The van der Waals surface area contributed by atoms with Crippen LogP contribution in [0.3, 0.4) is 0 Å². The van der Waals surface area contributed by atoms with Crippen LogP contribution in [0, 0.1) is 17.3 Å². The third-order valence-corrected chi connectivity index (χ3v) is 3.52. The van der Waals surface area contributed by atoms with Crippen molar-refractivity contribution in [1.82, 2.24) is 0 Å². The molecule has 0 fully saturated rings. The molecule has 0 heterocycles. The van der Waals surface area contributed by atoms with E-state index < -0.39 is 0 Å². The lowest BCUT2D eigenvalue weighted by molar-refractivity contribution is 0.254. The molecule has 0 aliphatic heterocycles. The quantitative estimate of drug-likeness (QED) is 0.671. The summed E-state index contributed by atoms with van der Waals surface area (Å²) < 4.78 is 5.30. The van der Waals surface area contributed by atoms with E-state index in [0.29, 0.717) is 11.3 Å². The molecule has 0 spiro atoms. The van der Waals surface area contributed by atoms with E-state index in [0.717, 1.165) is 18.1 Å². The van der Waals surface area contributed by atoms with Gasteiger partial charge in [-0.25, -0.2) is 0 Å². The molecule has 0 radical (unpaired) electrons. The number of ether oxygens (including phenoxy) is 1. The molecule has 0 aromatic carbocycles. The summed E-state index contributed by atoms with van der Waals surface area (Å²) >= 11 is 0. The molecule has 0 amide bonds. The lowest BCUT2D eigenvalue weighted by Crippen LogP contribution is -2.20. The molecule has 98 valence electrons. The second-order valence-electron chi connectivity index (χ2n) is 6.69. The van der Waals surface area contributed by atoms with E-state index in [2.05, 4.69) is 46.8 Å². The van der Waals surface area contributed by atoms with Crippen molar-refractivity contribution in [2.24, 2.45) is 17.3 Å². The monoisotopic (exact) mass is 236 g/mol. The van der Waals surface area contributed by atoms with E-state index in [1.807, 2.05) is 0 Å². The highest BCUT2D eigenvalue weighted by molar-refractivity contribution is 5.23. The summed E-state index contributed by atoms with van der Waals surface area (Å²) in [6, 6.07) is 0. The molecular weight excluding hydrogens is 208 g/mol. The Kier molecular flexibility index (Phi) is 4.85. The molecule has 0 saturated heterocycles. The fourth-order valence-electron chi connectivity index (χ4n) is 2.57. The summed E-state index contributed by atoms with van der Waals surface area (Å²) in [5.41, 5.74) is 2.01. The van der Waals surface area contributed by atoms with Crippen LogP contribution in [0.25, 0.3) is 0 Å². The molecule has 0 saturated carbocycles. The molecule has 1 rings (SSSR count). The molecule has 0 N–H and O–H groups in total. The fraction of sp³-hybridized carbons (Fsp3) is 0.750. The normalized spacial score (nSPS) is 18.8. The molecule has 0 bridgehead atoms. The predicted molar refractivity (Wildman–Crippen MR) is 74.8 cm³/mol. The van der Waals surface area contributed by atoms with E-state index in [-0.39, 0.29) is 0 Å². The van der Waals surface area contributed by atoms with Crippen molar-refractivity contribution in [2.45, 2.75) is 53.9 Å². The summed E-state index contributed by atoms with van der Waals surface area (Å²) in [6.07, 6.45) is 7.94. The first-order valence-electron chi connectivity index (χ1n) is 6.77. The second-order valence-corrected chi connectivity index (χ2v) is 6.69. The zero-order valence-corrected chi connectivity index (χ0v) is 12.3. The third kappa shape index (κ3) is 4.57. The molecule has 0 aromatic rings. The van der Waals surface area contributed by atoms with Crippen LogP contribution in [0.15, 0.2) is 23.5 Å². The Labute approximate surface area is 107 Å². The Bertz CT molecular complexity index is 302. The summed E-state index contributed by atoms with van der Waals surface area (Å²) in [7, 11) is 1.76. The Morgan fingerprint density at radius 1 is 1.18 bits per heavy atom.